The van der Waals surface area contributed by atoms with Crippen molar-refractivity contribution in [3.63, 3.8) is 0 Å². The van der Waals surface area contributed by atoms with Gasteiger partial charge in [-0.25, -0.2) is 0 Å². The molecule has 0 aliphatic carbocycles. The summed E-state index contributed by atoms with van der Waals surface area (Å²) < 4.78 is 5.20. The van der Waals surface area contributed by atoms with Gasteiger partial charge in [-0.2, -0.15) is 0 Å². The van der Waals surface area contributed by atoms with E-state index < -0.39 is 0 Å². The van der Waals surface area contributed by atoms with E-state index in [1.807, 2.05) is 72.8 Å². The number of ether oxygens (including phenoxy) is 1. The molecule has 0 spiro atoms. The van der Waals surface area contributed by atoms with Gasteiger partial charge in [-0.05, 0) is 36.4 Å². The Morgan fingerprint density at radius 1 is 0.808 bits per heavy atom. The molecule has 0 radical (unpaired) electrons. The maximum absolute atomic E-state index is 6.00. The summed E-state index contributed by atoms with van der Waals surface area (Å²) in [6.07, 6.45) is 0. The van der Waals surface area contributed by atoms with Gasteiger partial charge in [0.25, 0.3) is 0 Å². The summed E-state index contributed by atoms with van der Waals surface area (Å²) in [5.41, 5.74) is 2.73. The van der Waals surface area contributed by atoms with Gasteiger partial charge in [0, 0.05) is 27.0 Å². The molecular weight excluding hydrogens is 346 g/mol. The first-order valence-corrected chi connectivity index (χ1v) is 8.55. The van der Waals surface area contributed by atoms with Crippen molar-refractivity contribution in [2.24, 2.45) is 0 Å². The number of fused-ring (bicyclic) bond motifs is 1. The van der Waals surface area contributed by atoms with Crippen LogP contribution < -0.4 is 10.1 Å². The predicted octanol–water partition coefficient (Wildman–Crippen LogP) is 5.70. The van der Waals surface area contributed by atoms with Crippen molar-refractivity contribution in [3.8, 4) is 17.0 Å². The Hall–Kier alpha value is -3.11. The van der Waals surface area contributed by atoms with Crippen LogP contribution in [0.5, 0.6) is 5.75 Å². The third kappa shape index (κ3) is 3.19. The molecular formula is C21H16ClN3O. The minimum absolute atomic E-state index is 0.698. The van der Waals surface area contributed by atoms with E-state index in [1.54, 1.807) is 7.11 Å². The molecule has 1 aromatic heterocycles. The molecule has 128 valence electrons. The zero-order chi connectivity index (χ0) is 17.9. The molecule has 3 aromatic carbocycles. The van der Waals surface area contributed by atoms with E-state index >= 15 is 0 Å². The Labute approximate surface area is 156 Å². The summed E-state index contributed by atoms with van der Waals surface area (Å²) in [4.78, 5) is 0. The van der Waals surface area contributed by atoms with Gasteiger partial charge < -0.3 is 10.1 Å². The lowest BCUT2D eigenvalue weighted by Gasteiger charge is -2.11. The molecule has 4 aromatic rings. The second-order valence-corrected chi connectivity index (χ2v) is 6.24. The third-order valence-electron chi connectivity index (χ3n) is 4.16. The van der Waals surface area contributed by atoms with Crippen LogP contribution in [0.1, 0.15) is 0 Å². The van der Waals surface area contributed by atoms with Crippen LogP contribution in [0.25, 0.3) is 22.0 Å². The second kappa shape index (κ2) is 7.02. The van der Waals surface area contributed by atoms with Gasteiger partial charge in [0.2, 0.25) is 0 Å². The molecule has 4 nitrogen and oxygen atoms in total. The van der Waals surface area contributed by atoms with Gasteiger partial charge in [0.1, 0.15) is 11.4 Å². The average molecular weight is 362 g/mol. The summed E-state index contributed by atoms with van der Waals surface area (Å²) in [7, 11) is 1.65. The van der Waals surface area contributed by atoms with Gasteiger partial charge >= 0.3 is 0 Å². The van der Waals surface area contributed by atoms with Gasteiger partial charge in [0.05, 0.1) is 7.11 Å². The quantitative estimate of drug-likeness (QED) is 0.506. The minimum Gasteiger partial charge on any atom is -0.497 e. The van der Waals surface area contributed by atoms with Crippen LogP contribution in [0.3, 0.4) is 0 Å². The lowest BCUT2D eigenvalue weighted by atomic mass is 10.0. The second-order valence-electron chi connectivity index (χ2n) is 5.80. The normalized spacial score (nSPS) is 10.7. The number of benzene rings is 3. The van der Waals surface area contributed by atoms with Crippen molar-refractivity contribution in [1.82, 2.24) is 10.2 Å². The van der Waals surface area contributed by atoms with Crippen molar-refractivity contribution in [1.29, 1.82) is 0 Å². The minimum atomic E-state index is 0.698. The molecule has 0 saturated heterocycles. The zero-order valence-corrected chi connectivity index (χ0v) is 14.9. The van der Waals surface area contributed by atoms with Crippen LogP contribution in [0.4, 0.5) is 11.5 Å². The summed E-state index contributed by atoms with van der Waals surface area (Å²) in [6, 6.07) is 23.4. The molecule has 5 heteroatoms. The largest absolute Gasteiger partial charge is 0.497 e. The lowest BCUT2D eigenvalue weighted by Crippen LogP contribution is -1.99. The molecule has 1 heterocycles. The number of hydrogen-bond donors (Lipinski definition) is 1. The highest BCUT2D eigenvalue weighted by Gasteiger charge is 2.11. The van der Waals surface area contributed by atoms with E-state index in [4.69, 9.17) is 16.3 Å². The van der Waals surface area contributed by atoms with Crippen LogP contribution in [-0.4, -0.2) is 17.3 Å². The van der Waals surface area contributed by atoms with E-state index in [2.05, 4.69) is 15.5 Å². The van der Waals surface area contributed by atoms with E-state index in [9.17, 15) is 0 Å². The topological polar surface area (TPSA) is 47.0 Å². The Balaban J connectivity index is 1.77. The van der Waals surface area contributed by atoms with Crippen molar-refractivity contribution in [2.45, 2.75) is 0 Å². The third-order valence-corrected chi connectivity index (χ3v) is 4.41. The summed E-state index contributed by atoms with van der Waals surface area (Å²) in [6.45, 7) is 0. The Bertz CT molecular complexity index is 1050. The molecule has 0 fully saturated rings. The van der Waals surface area contributed by atoms with E-state index in [1.165, 1.54) is 0 Å². The van der Waals surface area contributed by atoms with Crippen molar-refractivity contribution >= 4 is 33.9 Å². The van der Waals surface area contributed by atoms with Crippen LogP contribution in [0.2, 0.25) is 5.02 Å². The molecule has 0 bridgehead atoms. The summed E-state index contributed by atoms with van der Waals surface area (Å²) in [5, 5.41) is 14.9. The SMILES string of the molecule is COc1ccc(Nc2nnc(-c3ccc(Cl)cc3)c3ccccc23)cc1. The van der Waals surface area contributed by atoms with Crippen molar-refractivity contribution < 1.29 is 4.74 Å². The first-order valence-electron chi connectivity index (χ1n) is 8.17. The lowest BCUT2D eigenvalue weighted by molar-refractivity contribution is 0.415. The number of nitrogens with one attached hydrogen (secondary N) is 1. The van der Waals surface area contributed by atoms with Crippen molar-refractivity contribution in [3.05, 3.63) is 77.8 Å². The molecule has 0 amide bonds. The molecule has 4 rings (SSSR count). The number of rotatable bonds is 4. The molecule has 0 atom stereocenters. The fourth-order valence-corrected chi connectivity index (χ4v) is 2.95. The highest BCUT2D eigenvalue weighted by molar-refractivity contribution is 6.30. The van der Waals surface area contributed by atoms with Gasteiger partial charge in [0.15, 0.2) is 5.82 Å². The monoisotopic (exact) mass is 361 g/mol. The number of aromatic nitrogens is 2. The Morgan fingerprint density at radius 2 is 1.50 bits per heavy atom. The smallest absolute Gasteiger partial charge is 0.161 e. The standard InChI is InChI=1S/C21H16ClN3O/c1-26-17-12-10-16(11-13-17)23-21-19-5-3-2-4-18(19)20(24-25-21)14-6-8-15(22)9-7-14/h2-13H,1H3,(H,23,25). The van der Waals surface area contributed by atoms with Crippen molar-refractivity contribution in [2.75, 3.05) is 12.4 Å². The predicted molar refractivity (Wildman–Crippen MR) is 106 cm³/mol. The summed E-state index contributed by atoms with van der Waals surface area (Å²) in [5.74, 6) is 1.52. The maximum atomic E-state index is 6.00. The first-order chi connectivity index (χ1) is 12.7. The first kappa shape index (κ1) is 16.4. The molecule has 0 aliphatic rings. The highest BCUT2D eigenvalue weighted by atomic mass is 35.5. The molecule has 0 aliphatic heterocycles. The summed E-state index contributed by atoms with van der Waals surface area (Å²) >= 11 is 6.00. The highest BCUT2D eigenvalue weighted by Crippen LogP contribution is 2.31. The van der Waals surface area contributed by atoms with E-state index in [0.29, 0.717) is 10.8 Å². The van der Waals surface area contributed by atoms with Gasteiger partial charge in [-0.3, -0.25) is 0 Å². The Morgan fingerprint density at radius 3 is 2.19 bits per heavy atom. The van der Waals surface area contributed by atoms with Gasteiger partial charge in [-0.1, -0.05) is 48.0 Å². The maximum Gasteiger partial charge on any atom is 0.161 e. The fraction of sp³-hybridized carbons (Fsp3) is 0.0476. The van der Waals surface area contributed by atoms with Gasteiger partial charge in [-0.15, -0.1) is 10.2 Å². The number of anilines is 2. The van der Waals surface area contributed by atoms with Crippen LogP contribution >= 0.6 is 11.6 Å². The Kier molecular flexibility index (Phi) is 4.42. The van der Waals surface area contributed by atoms with Crippen LogP contribution in [0, 0.1) is 0 Å². The number of hydrogen-bond acceptors (Lipinski definition) is 4. The molecule has 26 heavy (non-hydrogen) atoms. The van der Waals surface area contributed by atoms with Crippen LogP contribution in [0.15, 0.2) is 72.8 Å². The van der Waals surface area contributed by atoms with E-state index in [0.717, 1.165) is 33.5 Å². The van der Waals surface area contributed by atoms with Crippen LogP contribution in [-0.2, 0) is 0 Å². The number of halogens is 1. The molecule has 0 unspecified atom stereocenters. The van der Waals surface area contributed by atoms with E-state index in [-0.39, 0.29) is 0 Å². The molecule has 0 saturated carbocycles. The zero-order valence-electron chi connectivity index (χ0n) is 14.1. The number of methoxy groups -OCH3 is 1. The molecule has 1 N–H and O–H groups in total. The number of nitrogens with zero attached hydrogens (tertiary/aromatic N) is 2. The average Bonchev–Trinajstić information content (AvgIpc) is 2.70. The fourth-order valence-electron chi connectivity index (χ4n) is 2.83.